The number of carbonyl (C=O) groups excluding carboxylic acids is 1. The van der Waals surface area contributed by atoms with Crippen molar-refractivity contribution in [3.05, 3.63) is 71.3 Å². The first-order chi connectivity index (χ1) is 13.2. The number of hydrogen-bond acceptors (Lipinski definition) is 3. The van der Waals surface area contributed by atoms with Gasteiger partial charge in [0, 0.05) is 18.6 Å². The van der Waals surface area contributed by atoms with Crippen LogP contribution in [0.5, 0.6) is 0 Å². The van der Waals surface area contributed by atoms with Gasteiger partial charge >= 0.3 is 6.09 Å². The predicted octanol–water partition coefficient (Wildman–Crippen LogP) is 4.74. The minimum absolute atomic E-state index is 0.0380. The van der Waals surface area contributed by atoms with E-state index in [4.69, 9.17) is 9.47 Å². The molecular weight excluding hydrogens is 338 g/mol. The molecule has 2 atom stereocenters. The standard InChI is InChI=1S/C23H27NO3/c1-2-26-17-23-13-8-14-24(21(23)20-12-7-6-11-19(20)15-23)22(25)27-16-18-9-4-3-5-10-18/h3-7,9-12,21H,2,8,13-17H2,1H3/t21-,23+/m0/s1. The van der Waals surface area contributed by atoms with Crippen molar-refractivity contribution in [1.82, 2.24) is 4.90 Å². The van der Waals surface area contributed by atoms with Crippen LogP contribution < -0.4 is 0 Å². The molecule has 27 heavy (non-hydrogen) atoms. The summed E-state index contributed by atoms with van der Waals surface area (Å²) in [5.74, 6) is 0. The number of amides is 1. The lowest BCUT2D eigenvalue weighted by atomic mass is 9.74. The lowest BCUT2D eigenvalue weighted by Gasteiger charge is -2.46. The number of nitrogens with zero attached hydrogens (tertiary/aromatic N) is 1. The maximum absolute atomic E-state index is 13.0. The number of rotatable bonds is 5. The first-order valence-electron chi connectivity index (χ1n) is 9.86. The number of hydrogen-bond donors (Lipinski definition) is 0. The summed E-state index contributed by atoms with van der Waals surface area (Å²) in [5.41, 5.74) is 3.57. The molecule has 2 aliphatic rings. The highest BCUT2D eigenvalue weighted by molar-refractivity contribution is 5.69. The predicted molar refractivity (Wildman–Crippen MR) is 104 cm³/mol. The van der Waals surface area contributed by atoms with Crippen molar-refractivity contribution in [1.29, 1.82) is 0 Å². The zero-order chi connectivity index (χ0) is 18.7. The smallest absolute Gasteiger partial charge is 0.410 e. The van der Waals surface area contributed by atoms with Crippen LogP contribution >= 0.6 is 0 Å². The molecule has 1 saturated heterocycles. The fraction of sp³-hybridized carbons (Fsp3) is 0.435. The Hall–Kier alpha value is -2.33. The zero-order valence-electron chi connectivity index (χ0n) is 15.9. The molecule has 1 amide bonds. The molecule has 0 radical (unpaired) electrons. The van der Waals surface area contributed by atoms with Crippen LogP contribution in [-0.2, 0) is 22.5 Å². The van der Waals surface area contributed by atoms with Crippen LogP contribution in [0.25, 0.3) is 0 Å². The van der Waals surface area contributed by atoms with Gasteiger partial charge in [-0.25, -0.2) is 4.79 Å². The molecule has 0 N–H and O–H groups in total. The minimum Gasteiger partial charge on any atom is -0.445 e. The van der Waals surface area contributed by atoms with E-state index in [-0.39, 0.29) is 17.6 Å². The van der Waals surface area contributed by atoms with Crippen LogP contribution in [-0.4, -0.2) is 30.8 Å². The second kappa shape index (κ2) is 7.73. The number of fused-ring (bicyclic) bond motifs is 3. The molecule has 2 aromatic rings. The Morgan fingerprint density at radius 2 is 1.93 bits per heavy atom. The molecule has 1 aliphatic carbocycles. The lowest BCUT2D eigenvalue weighted by Crippen LogP contribution is -2.49. The van der Waals surface area contributed by atoms with Crippen LogP contribution in [0, 0.1) is 5.41 Å². The van der Waals surface area contributed by atoms with Gasteiger partial charge in [0.05, 0.1) is 12.6 Å². The van der Waals surface area contributed by atoms with Gasteiger partial charge in [0.2, 0.25) is 0 Å². The van der Waals surface area contributed by atoms with Crippen LogP contribution in [0.2, 0.25) is 0 Å². The lowest BCUT2D eigenvalue weighted by molar-refractivity contribution is -0.0392. The van der Waals surface area contributed by atoms with Gasteiger partial charge in [0.1, 0.15) is 6.61 Å². The number of carbonyl (C=O) groups is 1. The van der Waals surface area contributed by atoms with Gasteiger partial charge in [-0.05, 0) is 42.9 Å². The Morgan fingerprint density at radius 3 is 2.74 bits per heavy atom. The molecule has 0 spiro atoms. The second-order valence-electron chi connectivity index (χ2n) is 7.61. The van der Waals surface area contributed by atoms with Crippen molar-refractivity contribution in [3.8, 4) is 0 Å². The topological polar surface area (TPSA) is 38.8 Å². The van der Waals surface area contributed by atoms with E-state index in [1.54, 1.807) is 0 Å². The normalized spacial score (nSPS) is 23.6. The Morgan fingerprint density at radius 1 is 1.15 bits per heavy atom. The average molecular weight is 365 g/mol. The summed E-state index contributed by atoms with van der Waals surface area (Å²) >= 11 is 0. The highest BCUT2D eigenvalue weighted by Gasteiger charge is 2.52. The van der Waals surface area contributed by atoms with E-state index >= 15 is 0 Å². The van der Waals surface area contributed by atoms with Crippen LogP contribution in [0.1, 0.15) is 42.5 Å². The highest BCUT2D eigenvalue weighted by Crippen LogP contribution is 2.54. The van der Waals surface area contributed by atoms with Gasteiger partial charge in [-0.2, -0.15) is 0 Å². The first-order valence-corrected chi connectivity index (χ1v) is 9.86. The maximum Gasteiger partial charge on any atom is 0.410 e. The summed E-state index contributed by atoms with van der Waals surface area (Å²) in [6, 6.07) is 18.4. The van der Waals surface area contributed by atoms with E-state index in [0.717, 1.165) is 31.4 Å². The largest absolute Gasteiger partial charge is 0.445 e. The molecule has 0 saturated carbocycles. The summed E-state index contributed by atoms with van der Waals surface area (Å²) < 4.78 is 11.6. The van der Waals surface area contributed by atoms with E-state index in [1.807, 2.05) is 42.2 Å². The Bertz CT molecular complexity index is 791. The number of likely N-dealkylation sites (tertiary alicyclic amines) is 1. The fourth-order valence-corrected chi connectivity index (χ4v) is 4.73. The summed E-state index contributed by atoms with van der Waals surface area (Å²) in [4.78, 5) is 14.9. The third-order valence-corrected chi connectivity index (χ3v) is 5.89. The Labute approximate surface area is 161 Å². The molecule has 1 aliphatic heterocycles. The van der Waals surface area contributed by atoms with E-state index < -0.39 is 0 Å². The average Bonchev–Trinajstić information content (AvgIpc) is 3.06. The molecule has 4 heteroatoms. The maximum atomic E-state index is 13.0. The summed E-state index contributed by atoms with van der Waals surface area (Å²) in [6.45, 7) is 4.46. The van der Waals surface area contributed by atoms with Crippen LogP contribution in [0.15, 0.2) is 54.6 Å². The van der Waals surface area contributed by atoms with Gasteiger partial charge in [-0.1, -0.05) is 54.6 Å². The van der Waals surface area contributed by atoms with Crippen molar-refractivity contribution in [2.24, 2.45) is 5.41 Å². The molecule has 1 heterocycles. The summed E-state index contributed by atoms with van der Waals surface area (Å²) in [7, 11) is 0. The molecule has 0 bridgehead atoms. The van der Waals surface area contributed by atoms with E-state index in [9.17, 15) is 4.79 Å². The summed E-state index contributed by atoms with van der Waals surface area (Å²) in [6.07, 6.45) is 2.81. The number of piperidine rings is 1. The molecule has 0 unspecified atom stereocenters. The van der Waals surface area contributed by atoms with Crippen LogP contribution in [0.3, 0.4) is 0 Å². The van der Waals surface area contributed by atoms with Crippen LogP contribution in [0.4, 0.5) is 4.79 Å². The van der Waals surface area contributed by atoms with Crippen molar-refractivity contribution in [3.63, 3.8) is 0 Å². The third-order valence-electron chi connectivity index (χ3n) is 5.89. The monoisotopic (exact) mass is 365 g/mol. The SMILES string of the molecule is CCOC[C@]12CCCN(C(=O)OCc3ccccc3)[C@H]1c1ccccc1C2. The van der Waals surface area contributed by atoms with Gasteiger partial charge in [0.15, 0.2) is 0 Å². The van der Waals surface area contributed by atoms with Gasteiger partial charge in [0.25, 0.3) is 0 Å². The number of ether oxygens (including phenoxy) is 2. The fourth-order valence-electron chi connectivity index (χ4n) is 4.73. The molecule has 4 rings (SSSR count). The molecule has 2 aromatic carbocycles. The van der Waals surface area contributed by atoms with E-state index in [2.05, 4.69) is 24.3 Å². The quantitative estimate of drug-likeness (QED) is 0.768. The second-order valence-corrected chi connectivity index (χ2v) is 7.61. The molecule has 0 aromatic heterocycles. The molecule has 142 valence electrons. The Balaban J connectivity index is 1.57. The van der Waals surface area contributed by atoms with Crippen molar-refractivity contribution in [2.45, 2.75) is 38.8 Å². The first kappa shape index (κ1) is 18.1. The van der Waals surface area contributed by atoms with E-state index in [0.29, 0.717) is 19.8 Å². The van der Waals surface area contributed by atoms with Crippen molar-refractivity contribution in [2.75, 3.05) is 19.8 Å². The van der Waals surface area contributed by atoms with E-state index in [1.165, 1.54) is 11.1 Å². The Kier molecular flexibility index (Phi) is 5.17. The van der Waals surface area contributed by atoms with Gasteiger partial charge in [-0.15, -0.1) is 0 Å². The minimum atomic E-state index is -0.221. The summed E-state index contributed by atoms with van der Waals surface area (Å²) in [5, 5.41) is 0. The third kappa shape index (κ3) is 3.46. The molecule has 4 nitrogen and oxygen atoms in total. The molecular formula is C23H27NO3. The van der Waals surface area contributed by atoms with Gasteiger partial charge < -0.3 is 14.4 Å². The van der Waals surface area contributed by atoms with Gasteiger partial charge in [-0.3, -0.25) is 0 Å². The highest BCUT2D eigenvalue weighted by atomic mass is 16.6. The molecule has 1 fully saturated rings. The van der Waals surface area contributed by atoms with Crippen molar-refractivity contribution < 1.29 is 14.3 Å². The number of benzene rings is 2. The zero-order valence-corrected chi connectivity index (χ0v) is 15.9. The van der Waals surface area contributed by atoms with Crippen molar-refractivity contribution >= 4 is 6.09 Å².